The van der Waals surface area contributed by atoms with Crippen LogP contribution >= 0.6 is 11.3 Å². The van der Waals surface area contributed by atoms with Gasteiger partial charge in [-0.2, -0.15) is 4.52 Å². The van der Waals surface area contributed by atoms with Gasteiger partial charge in [-0.15, -0.1) is 25.5 Å². The zero-order valence-corrected chi connectivity index (χ0v) is 13.5. The van der Waals surface area contributed by atoms with E-state index in [0.717, 1.165) is 49.2 Å². The fourth-order valence-electron chi connectivity index (χ4n) is 2.60. The molecule has 0 unspecified atom stereocenters. The first-order chi connectivity index (χ1) is 11.3. The van der Waals surface area contributed by atoms with Gasteiger partial charge in [0, 0.05) is 26.2 Å². The maximum Gasteiger partial charge on any atom is 0.293 e. The van der Waals surface area contributed by atoms with Gasteiger partial charge in [0.25, 0.3) is 5.19 Å². The van der Waals surface area contributed by atoms with Gasteiger partial charge in [0.15, 0.2) is 5.65 Å². The van der Waals surface area contributed by atoms with Gasteiger partial charge in [-0.25, -0.2) is 0 Å². The van der Waals surface area contributed by atoms with Crippen LogP contribution in [0.25, 0.3) is 5.65 Å². The summed E-state index contributed by atoms with van der Waals surface area (Å²) >= 11 is 1.50. The summed E-state index contributed by atoms with van der Waals surface area (Å²) in [5, 5.41) is 22.1. The largest absolute Gasteiger partial charge is 0.472 e. The average molecular weight is 332 g/mol. The Bertz CT molecular complexity index is 794. The number of ether oxygens (including phenoxy) is 1. The smallest absolute Gasteiger partial charge is 0.293 e. The van der Waals surface area contributed by atoms with Crippen molar-refractivity contribution in [2.45, 2.75) is 6.54 Å². The normalized spacial score (nSPS) is 16.1. The summed E-state index contributed by atoms with van der Waals surface area (Å²) in [4.78, 5) is 4.64. The van der Waals surface area contributed by atoms with Crippen LogP contribution in [0.2, 0.25) is 0 Å². The van der Waals surface area contributed by atoms with Crippen LogP contribution in [0.15, 0.2) is 18.5 Å². The van der Waals surface area contributed by atoms with Crippen LogP contribution in [0.4, 0.5) is 5.82 Å². The maximum absolute atomic E-state index is 5.08. The van der Waals surface area contributed by atoms with Crippen molar-refractivity contribution in [3.8, 4) is 5.19 Å². The summed E-state index contributed by atoms with van der Waals surface area (Å²) in [6.45, 7) is 4.59. The summed E-state index contributed by atoms with van der Waals surface area (Å²) in [6, 6.07) is 3.94. The first-order valence-electron chi connectivity index (χ1n) is 7.32. The number of hydrogen-bond donors (Lipinski definition) is 0. The van der Waals surface area contributed by atoms with Crippen molar-refractivity contribution in [1.82, 2.24) is 34.9 Å². The monoisotopic (exact) mass is 332 g/mol. The number of anilines is 1. The van der Waals surface area contributed by atoms with E-state index in [4.69, 9.17) is 4.74 Å². The third-order valence-corrected chi connectivity index (χ3v) is 4.69. The molecule has 0 saturated carbocycles. The fourth-order valence-corrected chi connectivity index (χ4v) is 3.29. The molecule has 4 rings (SSSR count). The van der Waals surface area contributed by atoms with Crippen molar-refractivity contribution in [1.29, 1.82) is 0 Å². The number of aromatic nitrogens is 6. The van der Waals surface area contributed by atoms with Gasteiger partial charge in [-0.05, 0) is 12.1 Å². The summed E-state index contributed by atoms with van der Waals surface area (Å²) < 4.78 is 6.79. The van der Waals surface area contributed by atoms with Crippen LogP contribution < -0.4 is 9.64 Å². The molecule has 0 aromatic carbocycles. The predicted molar refractivity (Wildman–Crippen MR) is 84.7 cm³/mol. The van der Waals surface area contributed by atoms with Gasteiger partial charge in [-0.1, -0.05) is 11.3 Å². The van der Waals surface area contributed by atoms with Crippen molar-refractivity contribution in [3.63, 3.8) is 0 Å². The number of piperazine rings is 1. The van der Waals surface area contributed by atoms with Crippen LogP contribution in [-0.4, -0.2) is 68.2 Å². The second-order valence-corrected chi connectivity index (χ2v) is 6.28. The van der Waals surface area contributed by atoms with Gasteiger partial charge in [0.1, 0.15) is 17.2 Å². The molecule has 0 spiro atoms. The van der Waals surface area contributed by atoms with Gasteiger partial charge in [-0.3, -0.25) is 4.90 Å². The quantitative estimate of drug-likeness (QED) is 0.675. The van der Waals surface area contributed by atoms with Crippen LogP contribution in [0.1, 0.15) is 5.01 Å². The Balaban J connectivity index is 1.38. The van der Waals surface area contributed by atoms with Gasteiger partial charge >= 0.3 is 0 Å². The Kier molecular flexibility index (Phi) is 3.75. The number of nitrogens with zero attached hydrogens (tertiary/aromatic N) is 8. The number of rotatable bonds is 4. The van der Waals surface area contributed by atoms with E-state index in [2.05, 4.69) is 35.3 Å². The van der Waals surface area contributed by atoms with E-state index in [1.165, 1.54) is 11.3 Å². The van der Waals surface area contributed by atoms with E-state index in [9.17, 15) is 0 Å². The lowest BCUT2D eigenvalue weighted by Crippen LogP contribution is -2.46. The molecule has 1 saturated heterocycles. The molecule has 0 bridgehead atoms. The van der Waals surface area contributed by atoms with Crippen LogP contribution in [0.5, 0.6) is 5.19 Å². The average Bonchev–Trinajstić information content (AvgIpc) is 3.23. The molecule has 1 aliphatic heterocycles. The SMILES string of the molecule is COc1nnc(CN2CCN(c3ccc4nncn4n3)CC2)s1. The minimum Gasteiger partial charge on any atom is -0.472 e. The first kappa shape index (κ1) is 14.3. The number of fused-ring (bicyclic) bond motifs is 1. The zero-order chi connectivity index (χ0) is 15.6. The van der Waals surface area contributed by atoms with Gasteiger partial charge in [0.2, 0.25) is 0 Å². The molecule has 0 radical (unpaired) electrons. The molecule has 10 heteroatoms. The van der Waals surface area contributed by atoms with Crippen molar-refractivity contribution in [3.05, 3.63) is 23.5 Å². The number of hydrogen-bond acceptors (Lipinski definition) is 9. The molecule has 23 heavy (non-hydrogen) atoms. The van der Waals surface area contributed by atoms with E-state index in [0.29, 0.717) is 5.19 Å². The zero-order valence-electron chi connectivity index (χ0n) is 12.7. The minimum absolute atomic E-state index is 0.616. The molecule has 120 valence electrons. The van der Waals surface area contributed by atoms with E-state index in [1.807, 2.05) is 12.1 Å². The predicted octanol–water partition coefficient (Wildman–Crippen LogP) is 0.307. The lowest BCUT2D eigenvalue weighted by molar-refractivity contribution is 0.248. The highest BCUT2D eigenvalue weighted by Gasteiger charge is 2.20. The first-order valence-corrected chi connectivity index (χ1v) is 8.14. The van der Waals surface area contributed by atoms with Crippen molar-refractivity contribution < 1.29 is 4.74 Å². The third kappa shape index (κ3) is 2.94. The van der Waals surface area contributed by atoms with Gasteiger partial charge < -0.3 is 9.64 Å². The van der Waals surface area contributed by atoms with Crippen LogP contribution in [0.3, 0.4) is 0 Å². The third-order valence-electron chi connectivity index (χ3n) is 3.83. The Morgan fingerprint density at radius 1 is 1.13 bits per heavy atom. The summed E-state index contributed by atoms with van der Waals surface area (Å²) in [7, 11) is 1.61. The van der Waals surface area contributed by atoms with Crippen molar-refractivity contribution in [2.75, 3.05) is 38.2 Å². The topological polar surface area (TPSA) is 84.6 Å². The lowest BCUT2D eigenvalue weighted by Gasteiger charge is -2.34. The molecule has 3 aromatic heterocycles. The van der Waals surface area contributed by atoms with Crippen LogP contribution in [-0.2, 0) is 6.54 Å². The highest BCUT2D eigenvalue weighted by molar-refractivity contribution is 7.13. The van der Waals surface area contributed by atoms with E-state index in [-0.39, 0.29) is 0 Å². The molecular formula is C13H16N8OS. The van der Waals surface area contributed by atoms with Crippen molar-refractivity contribution >= 4 is 22.8 Å². The molecule has 1 aliphatic rings. The van der Waals surface area contributed by atoms with E-state index >= 15 is 0 Å². The number of methoxy groups -OCH3 is 1. The minimum atomic E-state index is 0.616. The molecular weight excluding hydrogens is 316 g/mol. The lowest BCUT2D eigenvalue weighted by atomic mass is 10.3. The summed E-state index contributed by atoms with van der Waals surface area (Å²) in [5.41, 5.74) is 0.762. The molecule has 4 heterocycles. The highest BCUT2D eigenvalue weighted by atomic mass is 32.1. The highest BCUT2D eigenvalue weighted by Crippen LogP contribution is 2.20. The second kappa shape index (κ2) is 6.05. The molecule has 0 N–H and O–H groups in total. The standard InChI is InChI=1S/C13H16N8OS/c1-22-13-17-16-12(23-13)8-19-4-6-20(7-5-19)11-3-2-10-15-14-9-21(10)18-11/h2-3,9H,4-8H2,1H3. The molecule has 0 amide bonds. The molecule has 1 fully saturated rings. The van der Waals surface area contributed by atoms with Crippen molar-refractivity contribution in [2.24, 2.45) is 0 Å². The van der Waals surface area contributed by atoms with E-state index in [1.54, 1.807) is 18.0 Å². The van der Waals surface area contributed by atoms with Crippen LogP contribution in [0, 0.1) is 0 Å². The molecule has 0 aliphatic carbocycles. The summed E-state index contributed by atoms with van der Waals surface area (Å²) in [6.07, 6.45) is 1.62. The molecule has 9 nitrogen and oxygen atoms in total. The molecule has 3 aromatic rings. The Labute approximate surface area is 136 Å². The fraction of sp³-hybridized carbons (Fsp3) is 0.462. The Morgan fingerprint density at radius 3 is 2.78 bits per heavy atom. The second-order valence-electron chi connectivity index (χ2n) is 5.25. The Hall–Kier alpha value is -2.33. The van der Waals surface area contributed by atoms with Gasteiger partial charge in [0.05, 0.1) is 13.7 Å². The summed E-state index contributed by atoms with van der Waals surface area (Å²) in [5.74, 6) is 0.953. The molecule has 0 atom stereocenters. The Morgan fingerprint density at radius 2 is 2.00 bits per heavy atom. The van der Waals surface area contributed by atoms with E-state index < -0.39 is 0 Å². The maximum atomic E-state index is 5.08.